The second-order valence-electron chi connectivity index (χ2n) is 6.46. The van der Waals surface area contributed by atoms with Crippen LogP contribution in [0.4, 0.5) is 4.39 Å². The summed E-state index contributed by atoms with van der Waals surface area (Å²) in [4.78, 5) is 0. The van der Waals surface area contributed by atoms with Gasteiger partial charge < -0.3 is 0 Å². The first-order valence-electron chi connectivity index (χ1n) is 7.98. The highest BCUT2D eigenvalue weighted by Gasteiger charge is 2.30. The van der Waals surface area contributed by atoms with Crippen LogP contribution in [-0.2, 0) is 0 Å². The average Bonchev–Trinajstić information content (AvgIpc) is 2.48. The van der Waals surface area contributed by atoms with Gasteiger partial charge in [0.2, 0.25) is 0 Å². The minimum absolute atomic E-state index is 0.333. The third-order valence-corrected chi connectivity index (χ3v) is 5.34. The first-order valence-corrected chi connectivity index (χ1v) is 7.98. The number of halogens is 1. The van der Waals surface area contributed by atoms with Gasteiger partial charge in [-0.05, 0) is 69.1 Å². The third-order valence-electron chi connectivity index (χ3n) is 5.34. The highest BCUT2D eigenvalue weighted by atomic mass is 19.1. The first kappa shape index (κ1) is 14.6. The highest BCUT2D eigenvalue weighted by molar-refractivity contribution is 4.89. The number of nitrogens with zero attached hydrogens (tertiary/aromatic N) is 1. The number of rotatable bonds is 4. The van der Waals surface area contributed by atoms with E-state index < -0.39 is 0 Å². The lowest BCUT2D eigenvalue weighted by molar-refractivity contribution is 0.154. The Morgan fingerprint density at radius 3 is 2.05 bits per heavy atom. The van der Waals surface area contributed by atoms with Crippen molar-refractivity contribution in [2.45, 2.75) is 64.2 Å². The Morgan fingerprint density at radius 2 is 1.53 bits per heavy atom. The van der Waals surface area contributed by atoms with E-state index in [1.165, 1.54) is 38.5 Å². The van der Waals surface area contributed by atoms with E-state index in [1.807, 2.05) is 0 Å². The zero-order valence-corrected chi connectivity index (χ0v) is 11.9. The van der Waals surface area contributed by atoms with Crippen LogP contribution in [0.2, 0.25) is 0 Å². The Bertz CT molecular complexity index is 315. The molecule has 19 heavy (non-hydrogen) atoms. The van der Waals surface area contributed by atoms with Crippen LogP contribution < -0.4 is 0 Å². The molecular formula is C17H26FN. The van der Waals surface area contributed by atoms with Gasteiger partial charge in [-0.2, -0.15) is 5.26 Å². The zero-order chi connectivity index (χ0) is 13.5. The molecular weight excluding hydrogens is 237 g/mol. The average molecular weight is 263 g/mol. The van der Waals surface area contributed by atoms with E-state index in [0.717, 1.165) is 43.4 Å². The fourth-order valence-electron chi connectivity index (χ4n) is 4.06. The van der Waals surface area contributed by atoms with Gasteiger partial charge in [0.25, 0.3) is 0 Å². The van der Waals surface area contributed by atoms with E-state index in [9.17, 15) is 4.39 Å². The summed E-state index contributed by atoms with van der Waals surface area (Å²) < 4.78 is 11.9. The highest BCUT2D eigenvalue weighted by Crippen LogP contribution is 2.42. The summed E-state index contributed by atoms with van der Waals surface area (Å²) in [6, 6.07) is 2.43. The van der Waals surface area contributed by atoms with Crippen molar-refractivity contribution < 1.29 is 4.39 Å². The lowest BCUT2D eigenvalue weighted by Gasteiger charge is -2.36. The summed E-state index contributed by atoms with van der Waals surface area (Å²) in [5.41, 5.74) is 0. The van der Waals surface area contributed by atoms with Crippen molar-refractivity contribution >= 4 is 0 Å². The summed E-state index contributed by atoms with van der Waals surface area (Å²) in [6.07, 6.45) is 14.6. The van der Waals surface area contributed by atoms with E-state index in [1.54, 1.807) is 6.08 Å². The maximum absolute atomic E-state index is 11.9. The molecule has 0 spiro atoms. The Morgan fingerprint density at radius 1 is 0.947 bits per heavy atom. The molecule has 0 amide bonds. The minimum atomic E-state index is 0.333. The zero-order valence-electron chi connectivity index (χ0n) is 11.9. The molecule has 2 aliphatic rings. The van der Waals surface area contributed by atoms with Crippen LogP contribution in [0.25, 0.3) is 0 Å². The topological polar surface area (TPSA) is 23.8 Å². The maximum atomic E-state index is 11.9. The van der Waals surface area contributed by atoms with Gasteiger partial charge in [-0.15, -0.1) is 0 Å². The first-order chi connectivity index (χ1) is 9.33. The molecule has 0 aromatic rings. The monoisotopic (exact) mass is 263 g/mol. The summed E-state index contributed by atoms with van der Waals surface area (Å²) >= 11 is 0. The molecule has 2 rings (SSSR count). The van der Waals surface area contributed by atoms with Crippen LogP contribution in [0.5, 0.6) is 0 Å². The third kappa shape index (κ3) is 4.34. The molecule has 0 heterocycles. The number of hydrogen-bond donors (Lipinski definition) is 0. The van der Waals surface area contributed by atoms with Crippen LogP contribution >= 0.6 is 0 Å². The molecule has 0 aromatic carbocycles. The van der Waals surface area contributed by atoms with E-state index in [-0.39, 0.29) is 0 Å². The summed E-state index contributed by atoms with van der Waals surface area (Å²) in [7, 11) is 0. The van der Waals surface area contributed by atoms with Crippen LogP contribution in [0, 0.1) is 35.0 Å². The second-order valence-corrected chi connectivity index (χ2v) is 6.46. The van der Waals surface area contributed by atoms with Crippen LogP contribution in [-0.4, -0.2) is 0 Å². The van der Waals surface area contributed by atoms with Crippen molar-refractivity contribution in [3.63, 3.8) is 0 Å². The molecule has 0 N–H and O–H groups in total. The molecule has 2 heteroatoms. The lowest BCUT2D eigenvalue weighted by Crippen LogP contribution is -2.25. The molecule has 0 unspecified atom stereocenters. The normalized spacial score (nSPS) is 36.2. The Labute approximate surface area is 116 Å². The van der Waals surface area contributed by atoms with Crippen molar-refractivity contribution in [2.24, 2.45) is 23.7 Å². The summed E-state index contributed by atoms with van der Waals surface area (Å²) in [5, 5.41) is 8.94. The standard InChI is InChI=1S/C17H26FN/c18-12-2-1-3-14-4-8-16(9-5-14)17-10-6-15(13-19)7-11-17/h2,12,14-17H,1,3-11H2/b12-2+/t14-,15-,16-,17-. The molecule has 106 valence electrons. The van der Waals surface area contributed by atoms with Gasteiger partial charge in [0.05, 0.1) is 12.4 Å². The van der Waals surface area contributed by atoms with Crippen molar-refractivity contribution in [2.75, 3.05) is 0 Å². The molecule has 0 atom stereocenters. The maximum Gasteiger partial charge on any atom is 0.0827 e. The number of nitriles is 1. The van der Waals surface area contributed by atoms with E-state index >= 15 is 0 Å². The summed E-state index contributed by atoms with van der Waals surface area (Å²) in [6.45, 7) is 0. The van der Waals surface area contributed by atoms with Crippen LogP contribution in [0.15, 0.2) is 12.4 Å². The summed E-state index contributed by atoms with van der Waals surface area (Å²) in [5.74, 6) is 2.95. The molecule has 0 aromatic heterocycles. The lowest BCUT2D eigenvalue weighted by atomic mass is 9.69. The van der Waals surface area contributed by atoms with Crippen molar-refractivity contribution in [3.05, 3.63) is 12.4 Å². The van der Waals surface area contributed by atoms with Crippen molar-refractivity contribution in [1.29, 1.82) is 5.26 Å². The Balaban J connectivity index is 1.67. The fraction of sp³-hybridized carbons (Fsp3) is 0.824. The van der Waals surface area contributed by atoms with Crippen LogP contribution in [0.3, 0.4) is 0 Å². The number of allylic oxidation sites excluding steroid dienone is 1. The molecule has 0 saturated heterocycles. The smallest absolute Gasteiger partial charge is 0.0827 e. The van der Waals surface area contributed by atoms with Crippen molar-refractivity contribution in [1.82, 2.24) is 0 Å². The SMILES string of the molecule is N#C[C@H]1CC[C@H]([C@H]2CC[C@H](CC/C=C/F)CC2)CC1. The quantitative estimate of drug-likeness (QED) is 0.667. The molecule has 2 fully saturated rings. The molecule has 0 bridgehead atoms. The Kier molecular flexibility index (Phi) is 5.89. The van der Waals surface area contributed by atoms with Gasteiger partial charge in [0.15, 0.2) is 0 Å². The van der Waals surface area contributed by atoms with E-state index in [2.05, 4.69) is 6.07 Å². The number of hydrogen-bond acceptors (Lipinski definition) is 1. The van der Waals surface area contributed by atoms with Gasteiger partial charge >= 0.3 is 0 Å². The van der Waals surface area contributed by atoms with Gasteiger partial charge in [-0.3, -0.25) is 0 Å². The van der Waals surface area contributed by atoms with Crippen molar-refractivity contribution in [3.8, 4) is 6.07 Å². The van der Waals surface area contributed by atoms with E-state index in [4.69, 9.17) is 5.26 Å². The Hall–Kier alpha value is -0.840. The molecule has 1 nitrogen and oxygen atoms in total. The van der Waals surface area contributed by atoms with Gasteiger partial charge in [0, 0.05) is 5.92 Å². The molecule has 0 radical (unpaired) electrons. The minimum Gasteiger partial charge on any atom is -0.216 e. The predicted molar refractivity (Wildman–Crippen MR) is 76.0 cm³/mol. The molecule has 2 saturated carbocycles. The largest absolute Gasteiger partial charge is 0.216 e. The van der Waals surface area contributed by atoms with Crippen LogP contribution in [0.1, 0.15) is 64.2 Å². The fourth-order valence-corrected chi connectivity index (χ4v) is 4.06. The molecule has 0 aliphatic heterocycles. The second kappa shape index (κ2) is 7.68. The van der Waals surface area contributed by atoms with Gasteiger partial charge in [-0.1, -0.05) is 18.9 Å². The van der Waals surface area contributed by atoms with E-state index in [0.29, 0.717) is 12.2 Å². The van der Waals surface area contributed by atoms with Gasteiger partial charge in [-0.25, -0.2) is 4.39 Å². The molecule has 2 aliphatic carbocycles. The van der Waals surface area contributed by atoms with Gasteiger partial charge in [0.1, 0.15) is 0 Å². The predicted octanol–water partition coefficient (Wildman–Crippen LogP) is 5.39.